The Balaban J connectivity index is 2.02. The number of benzene rings is 1. The van der Waals surface area contributed by atoms with Gasteiger partial charge in [-0.25, -0.2) is 9.37 Å². The van der Waals surface area contributed by atoms with Crippen LogP contribution in [0.15, 0.2) is 18.5 Å². The molecule has 1 heterocycles. The predicted octanol–water partition coefficient (Wildman–Crippen LogP) is 1.97. The van der Waals surface area contributed by atoms with Crippen molar-refractivity contribution in [1.82, 2.24) is 15.2 Å². The summed E-state index contributed by atoms with van der Waals surface area (Å²) in [7, 11) is 0. The van der Waals surface area contributed by atoms with Gasteiger partial charge in [0.05, 0.1) is 17.5 Å². The predicted molar refractivity (Wildman–Crippen MR) is 75.2 cm³/mol. The number of nitrogens with zero attached hydrogens (tertiary/aromatic N) is 2. The molecular formula is C13H18FN5O. The number of nitrogens with one attached hydrogen (secondary N) is 2. The summed E-state index contributed by atoms with van der Waals surface area (Å²) in [5.74, 6) is 0.505. The van der Waals surface area contributed by atoms with Gasteiger partial charge >= 0.3 is 0 Å². The third-order valence-corrected chi connectivity index (χ3v) is 2.61. The van der Waals surface area contributed by atoms with E-state index in [1.807, 2.05) is 13.8 Å². The second-order valence-corrected chi connectivity index (χ2v) is 4.65. The maximum atomic E-state index is 13.7. The molecule has 0 amide bonds. The van der Waals surface area contributed by atoms with Crippen LogP contribution in [0.5, 0.6) is 5.75 Å². The topological polar surface area (TPSA) is 88.8 Å². The van der Waals surface area contributed by atoms with Crippen molar-refractivity contribution in [3.8, 4) is 5.75 Å². The van der Waals surface area contributed by atoms with Crippen LogP contribution in [0.1, 0.15) is 19.7 Å². The highest BCUT2D eigenvalue weighted by Gasteiger charge is 2.10. The lowest BCUT2D eigenvalue weighted by atomic mass is 10.2. The van der Waals surface area contributed by atoms with Crippen LogP contribution in [-0.2, 0) is 6.42 Å². The third-order valence-electron chi connectivity index (χ3n) is 2.61. The van der Waals surface area contributed by atoms with E-state index in [9.17, 15) is 4.39 Å². The van der Waals surface area contributed by atoms with Crippen molar-refractivity contribution in [1.29, 1.82) is 0 Å². The fourth-order valence-corrected chi connectivity index (χ4v) is 1.73. The summed E-state index contributed by atoms with van der Waals surface area (Å²) in [6.45, 7) is 4.28. The average molecular weight is 279 g/mol. The first-order chi connectivity index (χ1) is 9.56. The molecule has 6 nitrogen and oxygen atoms in total. The lowest BCUT2D eigenvalue weighted by Gasteiger charge is -2.14. The largest absolute Gasteiger partial charge is 0.488 e. The molecule has 108 valence electrons. The molecule has 20 heavy (non-hydrogen) atoms. The molecule has 0 bridgehead atoms. The van der Waals surface area contributed by atoms with Crippen molar-refractivity contribution in [2.75, 3.05) is 17.6 Å². The highest BCUT2D eigenvalue weighted by atomic mass is 19.1. The fraction of sp³-hybridized carbons (Fsp3) is 0.385. The number of anilines is 2. The molecule has 0 saturated carbocycles. The van der Waals surface area contributed by atoms with E-state index in [-0.39, 0.29) is 11.9 Å². The molecule has 0 fully saturated rings. The van der Waals surface area contributed by atoms with Crippen molar-refractivity contribution < 1.29 is 9.13 Å². The number of hydrogen-bond acceptors (Lipinski definition) is 5. The number of rotatable bonds is 6. The van der Waals surface area contributed by atoms with E-state index in [1.165, 1.54) is 12.4 Å². The van der Waals surface area contributed by atoms with Gasteiger partial charge in [-0.1, -0.05) is 0 Å². The molecule has 0 aliphatic heterocycles. The van der Waals surface area contributed by atoms with E-state index >= 15 is 0 Å². The molecule has 1 aromatic heterocycles. The molecular weight excluding hydrogens is 261 g/mol. The summed E-state index contributed by atoms with van der Waals surface area (Å²) >= 11 is 0. The lowest BCUT2D eigenvalue weighted by molar-refractivity contribution is 0.231. The van der Waals surface area contributed by atoms with E-state index < -0.39 is 5.82 Å². The number of hydrogen-bond donors (Lipinski definition) is 3. The van der Waals surface area contributed by atoms with Gasteiger partial charge < -0.3 is 15.8 Å². The molecule has 0 aliphatic rings. The Morgan fingerprint density at radius 2 is 2.25 bits per heavy atom. The van der Waals surface area contributed by atoms with Gasteiger partial charge in [0, 0.05) is 25.1 Å². The summed E-state index contributed by atoms with van der Waals surface area (Å²) in [6.07, 6.45) is 2.02. The van der Waals surface area contributed by atoms with Crippen molar-refractivity contribution in [2.45, 2.75) is 26.4 Å². The summed E-state index contributed by atoms with van der Waals surface area (Å²) in [5, 5.41) is 9.67. The third kappa shape index (κ3) is 3.59. The van der Waals surface area contributed by atoms with Crippen molar-refractivity contribution in [2.24, 2.45) is 0 Å². The van der Waals surface area contributed by atoms with Crippen LogP contribution in [0.4, 0.5) is 15.8 Å². The van der Waals surface area contributed by atoms with Gasteiger partial charge in [-0.3, -0.25) is 5.10 Å². The van der Waals surface area contributed by atoms with Crippen LogP contribution in [0.3, 0.4) is 0 Å². The van der Waals surface area contributed by atoms with Crippen molar-refractivity contribution >= 4 is 11.4 Å². The van der Waals surface area contributed by atoms with Gasteiger partial charge in [0.15, 0.2) is 11.6 Å². The van der Waals surface area contributed by atoms with Crippen LogP contribution in [0.25, 0.3) is 0 Å². The molecule has 0 radical (unpaired) electrons. The summed E-state index contributed by atoms with van der Waals surface area (Å²) < 4.78 is 19.1. The minimum absolute atomic E-state index is 0.102. The summed E-state index contributed by atoms with van der Waals surface area (Å²) in [5.41, 5.74) is 6.77. The molecule has 0 unspecified atom stereocenters. The highest BCUT2D eigenvalue weighted by molar-refractivity contribution is 5.68. The maximum absolute atomic E-state index is 13.7. The first kappa shape index (κ1) is 14.1. The Hall–Kier alpha value is -2.31. The van der Waals surface area contributed by atoms with E-state index in [4.69, 9.17) is 10.5 Å². The monoisotopic (exact) mass is 279 g/mol. The Morgan fingerprint density at radius 3 is 2.90 bits per heavy atom. The van der Waals surface area contributed by atoms with Crippen LogP contribution in [-0.4, -0.2) is 27.8 Å². The smallest absolute Gasteiger partial charge is 0.167 e. The number of nitrogens with two attached hydrogens (primary N) is 1. The molecule has 0 atom stereocenters. The number of nitrogen functional groups attached to an aromatic ring is 1. The molecule has 2 aromatic rings. The summed E-state index contributed by atoms with van der Waals surface area (Å²) in [6, 6.07) is 2.83. The van der Waals surface area contributed by atoms with Crippen LogP contribution in [0, 0.1) is 5.82 Å². The van der Waals surface area contributed by atoms with Gasteiger partial charge in [-0.05, 0) is 13.8 Å². The summed E-state index contributed by atoms with van der Waals surface area (Å²) in [4.78, 5) is 4.02. The zero-order valence-corrected chi connectivity index (χ0v) is 11.5. The van der Waals surface area contributed by atoms with E-state index in [2.05, 4.69) is 20.5 Å². The molecule has 0 spiro atoms. The first-order valence-electron chi connectivity index (χ1n) is 6.40. The lowest BCUT2D eigenvalue weighted by Crippen LogP contribution is -2.11. The molecule has 2 rings (SSSR count). The van der Waals surface area contributed by atoms with Crippen LogP contribution >= 0.6 is 0 Å². The normalized spacial score (nSPS) is 10.8. The van der Waals surface area contributed by atoms with Gasteiger partial charge in [0.1, 0.15) is 12.2 Å². The quantitative estimate of drug-likeness (QED) is 0.703. The molecule has 4 N–H and O–H groups in total. The maximum Gasteiger partial charge on any atom is 0.167 e. The average Bonchev–Trinajstić information content (AvgIpc) is 2.87. The number of aromatic amines is 1. The van der Waals surface area contributed by atoms with Gasteiger partial charge in [-0.2, -0.15) is 5.10 Å². The van der Waals surface area contributed by atoms with Crippen molar-refractivity contribution in [3.05, 3.63) is 30.1 Å². The van der Waals surface area contributed by atoms with E-state index in [0.29, 0.717) is 24.3 Å². The Bertz CT molecular complexity index is 556. The number of H-pyrrole nitrogens is 1. The number of halogens is 1. The van der Waals surface area contributed by atoms with Gasteiger partial charge in [-0.15, -0.1) is 0 Å². The zero-order chi connectivity index (χ0) is 14.5. The first-order valence-corrected chi connectivity index (χ1v) is 6.40. The van der Waals surface area contributed by atoms with E-state index in [1.54, 1.807) is 6.07 Å². The minimum atomic E-state index is -0.461. The zero-order valence-electron chi connectivity index (χ0n) is 11.5. The standard InChI is InChI=1S/C13H18FN5O/c1-8(2)20-12-6-11(10(15)5-9(12)14)16-4-3-13-17-7-18-19-13/h5-8,16H,3-4,15H2,1-2H3,(H,17,18,19). The van der Waals surface area contributed by atoms with Gasteiger partial charge in [0.25, 0.3) is 0 Å². The minimum Gasteiger partial charge on any atom is -0.488 e. The number of ether oxygens (including phenoxy) is 1. The highest BCUT2D eigenvalue weighted by Crippen LogP contribution is 2.28. The van der Waals surface area contributed by atoms with Crippen molar-refractivity contribution in [3.63, 3.8) is 0 Å². The SMILES string of the molecule is CC(C)Oc1cc(NCCc2ncn[nH]2)c(N)cc1F. The number of aromatic nitrogens is 3. The Labute approximate surface area is 116 Å². The Morgan fingerprint density at radius 1 is 1.45 bits per heavy atom. The Kier molecular flexibility index (Phi) is 4.39. The van der Waals surface area contributed by atoms with E-state index in [0.717, 1.165) is 5.82 Å². The fourth-order valence-electron chi connectivity index (χ4n) is 1.73. The van der Waals surface area contributed by atoms with Crippen LogP contribution < -0.4 is 15.8 Å². The van der Waals surface area contributed by atoms with Crippen LogP contribution in [0.2, 0.25) is 0 Å². The molecule has 1 aromatic carbocycles. The van der Waals surface area contributed by atoms with Gasteiger partial charge in [0.2, 0.25) is 0 Å². The second kappa shape index (κ2) is 6.23. The molecule has 7 heteroatoms. The molecule has 0 aliphatic carbocycles. The molecule has 0 saturated heterocycles. The second-order valence-electron chi connectivity index (χ2n) is 4.65.